The van der Waals surface area contributed by atoms with Gasteiger partial charge >= 0.3 is 0 Å². The van der Waals surface area contributed by atoms with Crippen molar-refractivity contribution in [3.05, 3.63) is 34.9 Å². The smallest absolute Gasteiger partial charge is 0.263 e. The maximum absolute atomic E-state index is 13.0. The Balaban J connectivity index is 2.27. The number of likely N-dealkylation sites (tertiary alicyclic amines) is 1. The molecule has 0 N–H and O–H groups in total. The second-order valence-electron chi connectivity index (χ2n) is 5.85. The molecule has 2 rings (SSSR count). The number of piperidine rings is 1. The number of hydrogen-bond donors (Lipinski definition) is 0. The van der Waals surface area contributed by atoms with Crippen molar-refractivity contribution in [1.82, 2.24) is 9.80 Å². The van der Waals surface area contributed by atoms with Gasteiger partial charge in [0.1, 0.15) is 0 Å². The highest BCUT2D eigenvalue weighted by atomic mass is 19.3. The van der Waals surface area contributed by atoms with Gasteiger partial charge in [-0.15, -0.1) is 0 Å². The van der Waals surface area contributed by atoms with Gasteiger partial charge in [-0.25, -0.2) is 8.78 Å². The number of nitrogens with zero attached hydrogens (tertiary/aromatic N) is 2. The number of hydrogen-bond acceptors (Lipinski definition) is 2. The quantitative estimate of drug-likeness (QED) is 0.851. The summed E-state index contributed by atoms with van der Waals surface area (Å²) in [5, 5.41) is 0. The molecule has 0 radical (unpaired) electrons. The predicted octanol–water partition coefficient (Wildman–Crippen LogP) is 3.31. The molecule has 0 saturated carbocycles. The number of benzene rings is 1. The Labute approximate surface area is 124 Å². The van der Waals surface area contributed by atoms with Gasteiger partial charge in [-0.2, -0.15) is 0 Å². The first-order valence-corrected chi connectivity index (χ1v) is 7.33. The highest BCUT2D eigenvalue weighted by molar-refractivity contribution is 5.94. The molecule has 21 heavy (non-hydrogen) atoms. The predicted molar refractivity (Wildman–Crippen MR) is 78.5 cm³/mol. The second kappa shape index (κ2) is 6.98. The lowest BCUT2D eigenvalue weighted by Crippen LogP contribution is -2.35. The van der Waals surface area contributed by atoms with Crippen molar-refractivity contribution in [3.8, 4) is 0 Å². The van der Waals surface area contributed by atoms with Crippen LogP contribution in [0.3, 0.4) is 0 Å². The summed E-state index contributed by atoms with van der Waals surface area (Å²) < 4.78 is 26.1. The fourth-order valence-corrected chi connectivity index (χ4v) is 2.70. The molecule has 1 aromatic rings. The van der Waals surface area contributed by atoms with Crippen LogP contribution in [0.25, 0.3) is 0 Å². The summed E-state index contributed by atoms with van der Waals surface area (Å²) in [4.78, 5) is 16.2. The molecule has 116 valence electrons. The topological polar surface area (TPSA) is 23.6 Å². The molecule has 5 heteroatoms. The van der Waals surface area contributed by atoms with Gasteiger partial charge in [-0.1, -0.05) is 0 Å². The van der Waals surface area contributed by atoms with Crippen LogP contribution in [0, 0.1) is 0 Å². The highest BCUT2D eigenvalue weighted by Gasteiger charge is 2.20. The van der Waals surface area contributed by atoms with E-state index in [2.05, 4.69) is 0 Å². The van der Waals surface area contributed by atoms with E-state index < -0.39 is 6.43 Å². The first-order chi connectivity index (χ1) is 9.97. The molecule has 1 aliphatic heterocycles. The van der Waals surface area contributed by atoms with Gasteiger partial charge in [0.2, 0.25) is 0 Å². The van der Waals surface area contributed by atoms with Crippen LogP contribution in [0.2, 0.25) is 0 Å². The Kier molecular flexibility index (Phi) is 5.28. The average molecular weight is 296 g/mol. The maximum atomic E-state index is 13.0. The zero-order valence-electron chi connectivity index (χ0n) is 12.6. The van der Waals surface area contributed by atoms with E-state index >= 15 is 0 Å². The zero-order chi connectivity index (χ0) is 15.4. The van der Waals surface area contributed by atoms with Gasteiger partial charge in [-0.3, -0.25) is 4.79 Å². The van der Waals surface area contributed by atoms with Crippen LogP contribution in [0.5, 0.6) is 0 Å². The summed E-state index contributed by atoms with van der Waals surface area (Å²) in [6.45, 7) is 1.99. The van der Waals surface area contributed by atoms with Crippen LogP contribution >= 0.6 is 0 Å². The molecule has 1 saturated heterocycles. The van der Waals surface area contributed by atoms with E-state index in [0.717, 1.165) is 37.9 Å². The van der Waals surface area contributed by atoms with Gasteiger partial charge in [0.05, 0.1) is 0 Å². The van der Waals surface area contributed by atoms with Crippen molar-refractivity contribution in [1.29, 1.82) is 0 Å². The maximum Gasteiger partial charge on any atom is 0.263 e. The molecule has 0 bridgehead atoms. The van der Waals surface area contributed by atoms with Crippen LogP contribution in [-0.4, -0.2) is 42.9 Å². The minimum Gasteiger partial charge on any atom is -0.339 e. The Morgan fingerprint density at radius 1 is 1.19 bits per heavy atom. The van der Waals surface area contributed by atoms with Gasteiger partial charge in [0.15, 0.2) is 0 Å². The van der Waals surface area contributed by atoms with E-state index in [-0.39, 0.29) is 11.5 Å². The fourth-order valence-electron chi connectivity index (χ4n) is 2.70. The Morgan fingerprint density at radius 2 is 1.86 bits per heavy atom. The largest absolute Gasteiger partial charge is 0.339 e. The number of amides is 1. The Morgan fingerprint density at radius 3 is 2.43 bits per heavy atom. The van der Waals surface area contributed by atoms with E-state index in [9.17, 15) is 13.6 Å². The van der Waals surface area contributed by atoms with Crippen molar-refractivity contribution in [3.63, 3.8) is 0 Å². The minimum absolute atomic E-state index is 0.0743. The lowest BCUT2D eigenvalue weighted by Gasteiger charge is -2.27. The number of rotatable bonds is 4. The molecular weight excluding hydrogens is 274 g/mol. The SMILES string of the molecule is CN(C)Cc1cc(C(=O)N2CCCCC2)cc(C(F)F)c1. The minimum atomic E-state index is -2.56. The second-order valence-corrected chi connectivity index (χ2v) is 5.85. The Bertz CT molecular complexity index is 497. The van der Waals surface area contributed by atoms with E-state index in [4.69, 9.17) is 0 Å². The van der Waals surface area contributed by atoms with Gasteiger partial charge in [-0.05, 0) is 57.1 Å². The summed E-state index contributed by atoms with van der Waals surface area (Å²) in [7, 11) is 3.75. The monoisotopic (exact) mass is 296 g/mol. The molecule has 0 spiro atoms. The molecule has 1 heterocycles. The summed E-state index contributed by atoms with van der Waals surface area (Å²) in [5.74, 6) is -0.128. The first kappa shape index (κ1) is 15.9. The average Bonchev–Trinajstić information content (AvgIpc) is 2.46. The van der Waals surface area contributed by atoms with Gasteiger partial charge in [0, 0.05) is 30.8 Å². The molecule has 1 aliphatic rings. The number of carbonyl (C=O) groups excluding carboxylic acids is 1. The van der Waals surface area contributed by atoms with Crippen LogP contribution in [-0.2, 0) is 6.54 Å². The van der Waals surface area contributed by atoms with Crippen molar-refractivity contribution < 1.29 is 13.6 Å². The summed E-state index contributed by atoms with van der Waals surface area (Å²) >= 11 is 0. The van der Waals surface area contributed by atoms with Crippen LogP contribution in [0.1, 0.15) is 47.2 Å². The van der Waals surface area contributed by atoms with E-state index in [1.54, 1.807) is 11.0 Å². The fraction of sp³-hybridized carbons (Fsp3) is 0.562. The molecule has 1 fully saturated rings. The molecule has 0 aromatic heterocycles. The van der Waals surface area contributed by atoms with Crippen LogP contribution < -0.4 is 0 Å². The molecule has 0 atom stereocenters. The third-order valence-electron chi connectivity index (χ3n) is 3.66. The summed E-state index contributed by atoms with van der Waals surface area (Å²) in [5.41, 5.74) is 1.06. The zero-order valence-corrected chi connectivity index (χ0v) is 12.6. The third kappa shape index (κ3) is 4.24. The van der Waals surface area contributed by atoms with Gasteiger partial charge < -0.3 is 9.80 Å². The molecule has 1 aromatic carbocycles. The number of carbonyl (C=O) groups is 1. The van der Waals surface area contributed by atoms with Crippen molar-refractivity contribution in [2.24, 2.45) is 0 Å². The molecule has 0 aliphatic carbocycles. The molecule has 0 unspecified atom stereocenters. The lowest BCUT2D eigenvalue weighted by atomic mass is 10.0. The van der Waals surface area contributed by atoms with E-state index in [1.807, 2.05) is 19.0 Å². The molecular formula is C16H22F2N2O. The van der Waals surface area contributed by atoms with Gasteiger partial charge in [0.25, 0.3) is 12.3 Å². The van der Waals surface area contributed by atoms with Crippen molar-refractivity contribution in [2.45, 2.75) is 32.2 Å². The van der Waals surface area contributed by atoms with Crippen molar-refractivity contribution >= 4 is 5.91 Å². The molecule has 3 nitrogen and oxygen atoms in total. The first-order valence-electron chi connectivity index (χ1n) is 7.33. The van der Waals surface area contributed by atoms with E-state index in [0.29, 0.717) is 12.1 Å². The van der Waals surface area contributed by atoms with Crippen LogP contribution in [0.4, 0.5) is 8.78 Å². The Hall–Kier alpha value is -1.49. The number of halogens is 2. The third-order valence-corrected chi connectivity index (χ3v) is 3.66. The normalized spacial score (nSPS) is 15.8. The lowest BCUT2D eigenvalue weighted by molar-refractivity contribution is 0.0723. The van der Waals surface area contributed by atoms with Crippen molar-refractivity contribution in [2.75, 3.05) is 27.2 Å². The van der Waals surface area contributed by atoms with Crippen LogP contribution in [0.15, 0.2) is 18.2 Å². The standard InChI is InChI=1S/C16H22F2N2O/c1-19(2)11-12-8-13(15(17)18)10-14(9-12)16(21)20-6-4-3-5-7-20/h8-10,15H,3-7,11H2,1-2H3. The highest BCUT2D eigenvalue weighted by Crippen LogP contribution is 2.24. The summed E-state index contributed by atoms with van der Waals surface area (Å²) in [6.07, 6.45) is 0.558. The molecule has 1 amide bonds. The van der Waals surface area contributed by atoms with E-state index in [1.165, 1.54) is 12.1 Å². The number of alkyl halides is 2. The summed E-state index contributed by atoms with van der Waals surface area (Å²) in [6, 6.07) is 4.56.